The summed E-state index contributed by atoms with van der Waals surface area (Å²) in [4.78, 5) is 0.313. The molecule has 4 nitrogen and oxygen atoms in total. The molecule has 1 aromatic carbocycles. The summed E-state index contributed by atoms with van der Waals surface area (Å²) >= 11 is 0. The van der Waals surface area contributed by atoms with Gasteiger partial charge in [0, 0.05) is 13.1 Å². The predicted molar refractivity (Wildman–Crippen MR) is 78.3 cm³/mol. The van der Waals surface area contributed by atoms with Crippen molar-refractivity contribution in [2.24, 2.45) is 11.7 Å². The summed E-state index contributed by atoms with van der Waals surface area (Å²) in [5.41, 5.74) is 7.46. The molecule has 0 aliphatic rings. The number of rotatable bonds is 7. The SMILES string of the molecule is CCC(CC)CNS(=O)(=O)c1ccc(CN)c(C)c1. The second kappa shape index (κ2) is 7.03. The van der Waals surface area contributed by atoms with Gasteiger partial charge in [0.05, 0.1) is 4.90 Å². The summed E-state index contributed by atoms with van der Waals surface area (Å²) < 4.78 is 27.0. The summed E-state index contributed by atoms with van der Waals surface area (Å²) in [6, 6.07) is 5.07. The van der Waals surface area contributed by atoms with Crippen molar-refractivity contribution in [2.45, 2.75) is 45.1 Å². The molecule has 0 atom stereocenters. The minimum Gasteiger partial charge on any atom is -0.326 e. The minimum absolute atomic E-state index is 0.313. The molecule has 5 heteroatoms. The van der Waals surface area contributed by atoms with E-state index in [4.69, 9.17) is 5.73 Å². The van der Waals surface area contributed by atoms with Crippen LogP contribution in [0, 0.1) is 12.8 Å². The zero-order chi connectivity index (χ0) is 14.5. The Hall–Kier alpha value is -0.910. The first-order valence-corrected chi connectivity index (χ1v) is 8.22. The highest BCUT2D eigenvalue weighted by Gasteiger charge is 2.16. The van der Waals surface area contributed by atoms with E-state index in [2.05, 4.69) is 18.6 Å². The summed E-state index contributed by atoms with van der Waals surface area (Å²) in [6.07, 6.45) is 1.95. The maximum Gasteiger partial charge on any atom is 0.240 e. The van der Waals surface area contributed by atoms with Crippen LogP contribution in [0.4, 0.5) is 0 Å². The van der Waals surface area contributed by atoms with Gasteiger partial charge in [-0.25, -0.2) is 13.1 Å². The summed E-state index contributed by atoms with van der Waals surface area (Å²) in [5, 5.41) is 0. The number of benzene rings is 1. The summed E-state index contributed by atoms with van der Waals surface area (Å²) in [5.74, 6) is 0.388. The molecule has 0 fully saturated rings. The van der Waals surface area contributed by atoms with Gasteiger partial charge in [0.25, 0.3) is 0 Å². The van der Waals surface area contributed by atoms with Gasteiger partial charge in [-0.3, -0.25) is 0 Å². The van der Waals surface area contributed by atoms with Crippen molar-refractivity contribution in [3.63, 3.8) is 0 Å². The molecule has 1 rings (SSSR count). The Kier molecular flexibility index (Phi) is 5.97. The molecule has 1 aromatic rings. The van der Waals surface area contributed by atoms with Gasteiger partial charge in [0.1, 0.15) is 0 Å². The Balaban J connectivity index is 2.85. The van der Waals surface area contributed by atoms with Crippen molar-refractivity contribution in [2.75, 3.05) is 6.54 Å². The van der Waals surface area contributed by atoms with E-state index in [0.29, 0.717) is 23.9 Å². The van der Waals surface area contributed by atoms with Crippen molar-refractivity contribution >= 4 is 10.0 Å². The molecule has 19 heavy (non-hydrogen) atoms. The molecular weight excluding hydrogens is 260 g/mol. The summed E-state index contributed by atoms with van der Waals surface area (Å²) in [6.45, 7) is 6.94. The van der Waals surface area contributed by atoms with Crippen molar-refractivity contribution < 1.29 is 8.42 Å². The smallest absolute Gasteiger partial charge is 0.240 e. The average Bonchev–Trinajstić information content (AvgIpc) is 2.39. The maximum absolute atomic E-state index is 12.2. The largest absolute Gasteiger partial charge is 0.326 e. The number of hydrogen-bond donors (Lipinski definition) is 2. The van der Waals surface area contributed by atoms with E-state index >= 15 is 0 Å². The molecule has 0 aliphatic heterocycles. The van der Waals surface area contributed by atoms with E-state index in [9.17, 15) is 8.42 Å². The lowest BCUT2D eigenvalue weighted by Crippen LogP contribution is -2.29. The van der Waals surface area contributed by atoms with Gasteiger partial charge in [0.2, 0.25) is 10.0 Å². The van der Waals surface area contributed by atoms with Crippen molar-refractivity contribution in [3.05, 3.63) is 29.3 Å². The first-order valence-electron chi connectivity index (χ1n) is 6.73. The third-order valence-electron chi connectivity index (χ3n) is 3.56. The fourth-order valence-electron chi connectivity index (χ4n) is 1.95. The highest BCUT2D eigenvalue weighted by atomic mass is 32.2. The van der Waals surface area contributed by atoms with E-state index in [1.165, 1.54) is 0 Å². The Morgan fingerprint density at radius 1 is 1.26 bits per heavy atom. The number of aryl methyl sites for hydroxylation is 1. The third-order valence-corrected chi connectivity index (χ3v) is 4.98. The molecule has 0 saturated heterocycles. The zero-order valence-electron chi connectivity index (χ0n) is 11.9. The van der Waals surface area contributed by atoms with Gasteiger partial charge in [-0.2, -0.15) is 0 Å². The maximum atomic E-state index is 12.2. The van der Waals surface area contributed by atoms with Gasteiger partial charge >= 0.3 is 0 Å². The Bertz CT molecular complexity index is 508. The van der Waals surface area contributed by atoms with E-state index in [1.807, 2.05) is 6.92 Å². The highest BCUT2D eigenvalue weighted by molar-refractivity contribution is 7.89. The molecule has 0 heterocycles. The number of nitrogens with two attached hydrogens (primary N) is 1. The lowest BCUT2D eigenvalue weighted by atomic mass is 10.0. The first kappa shape index (κ1) is 16.1. The van der Waals surface area contributed by atoms with Crippen LogP contribution in [0.1, 0.15) is 37.8 Å². The van der Waals surface area contributed by atoms with Crippen LogP contribution >= 0.6 is 0 Å². The van der Waals surface area contributed by atoms with Crippen LogP contribution in [0.3, 0.4) is 0 Å². The van der Waals surface area contributed by atoms with E-state index in [-0.39, 0.29) is 0 Å². The van der Waals surface area contributed by atoms with E-state index in [1.54, 1.807) is 18.2 Å². The van der Waals surface area contributed by atoms with Gasteiger partial charge in [-0.05, 0) is 36.1 Å². The Labute approximate surface area is 116 Å². The van der Waals surface area contributed by atoms with Gasteiger partial charge in [0.15, 0.2) is 0 Å². The highest BCUT2D eigenvalue weighted by Crippen LogP contribution is 2.16. The second-order valence-electron chi connectivity index (χ2n) is 4.83. The molecule has 0 aliphatic carbocycles. The van der Waals surface area contributed by atoms with Crippen molar-refractivity contribution in [3.8, 4) is 0 Å². The van der Waals surface area contributed by atoms with Crippen molar-refractivity contribution in [1.29, 1.82) is 0 Å². The average molecular weight is 284 g/mol. The topological polar surface area (TPSA) is 72.2 Å². The molecular formula is C14H24N2O2S. The van der Waals surface area contributed by atoms with Gasteiger partial charge in [-0.15, -0.1) is 0 Å². The number of sulfonamides is 1. The summed E-state index contributed by atoms with van der Waals surface area (Å²) in [7, 11) is -3.41. The minimum atomic E-state index is -3.41. The molecule has 0 aromatic heterocycles. The molecule has 0 bridgehead atoms. The van der Waals surface area contributed by atoms with Crippen LogP contribution < -0.4 is 10.5 Å². The fraction of sp³-hybridized carbons (Fsp3) is 0.571. The zero-order valence-corrected chi connectivity index (χ0v) is 12.8. The van der Waals surface area contributed by atoms with E-state index in [0.717, 1.165) is 24.0 Å². The number of nitrogens with one attached hydrogen (secondary N) is 1. The van der Waals surface area contributed by atoms with Crippen LogP contribution in [0.5, 0.6) is 0 Å². The third kappa shape index (κ3) is 4.30. The van der Waals surface area contributed by atoms with Crippen LogP contribution in [0.2, 0.25) is 0 Å². The molecule has 0 spiro atoms. The lowest BCUT2D eigenvalue weighted by Gasteiger charge is -2.14. The lowest BCUT2D eigenvalue weighted by molar-refractivity contribution is 0.479. The van der Waals surface area contributed by atoms with Crippen LogP contribution in [0.25, 0.3) is 0 Å². The van der Waals surface area contributed by atoms with Crippen molar-refractivity contribution in [1.82, 2.24) is 4.72 Å². The molecule has 108 valence electrons. The van der Waals surface area contributed by atoms with Crippen LogP contribution in [0.15, 0.2) is 23.1 Å². The molecule has 0 saturated carbocycles. The predicted octanol–water partition coefficient (Wildman–Crippen LogP) is 2.17. The standard InChI is InChI=1S/C14H24N2O2S/c1-4-12(5-2)10-16-19(17,18)14-7-6-13(9-15)11(3)8-14/h6-8,12,16H,4-5,9-10,15H2,1-3H3. The Morgan fingerprint density at radius 3 is 2.37 bits per heavy atom. The van der Waals surface area contributed by atoms with Crippen LogP contribution in [-0.2, 0) is 16.6 Å². The van der Waals surface area contributed by atoms with Gasteiger partial charge in [-0.1, -0.05) is 32.8 Å². The fourth-order valence-corrected chi connectivity index (χ4v) is 3.15. The molecule has 0 radical (unpaired) electrons. The van der Waals surface area contributed by atoms with Crippen LogP contribution in [-0.4, -0.2) is 15.0 Å². The first-order chi connectivity index (χ1) is 8.94. The second-order valence-corrected chi connectivity index (χ2v) is 6.59. The normalized spacial score (nSPS) is 12.1. The number of hydrogen-bond acceptors (Lipinski definition) is 3. The van der Waals surface area contributed by atoms with Gasteiger partial charge < -0.3 is 5.73 Å². The molecule has 3 N–H and O–H groups in total. The Morgan fingerprint density at radius 2 is 1.89 bits per heavy atom. The quantitative estimate of drug-likeness (QED) is 0.806. The molecule has 0 amide bonds. The molecule has 0 unspecified atom stereocenters. The van der Waals surface area contributed by atoms with E-state index < -0.39 is 10.0 Å². The monoisotopic (exact) mass is 284 g/mol.